The molecule has 1 aromatic heterocycles. The number of thiazole rings is 1. The molecule has 102 valence electrons. The van der Waals surface area contributed by atoms with Crippen LogP contribution in [0.4, 0.5) is 0 Å². The lowest BCUT2D eigenvalue weighted by atomic mass is 10.1. The fourth-order valence-corrected chi connectivity index (χ4v) is 2.27. The van der Waals surface area contributed by atoms with Gasteiger partial charge in [-0.25, -0.2) is 0 Å². The van der Waals surface area contributed by atoms with Crippen molar-refractivity contribution in [2.24, 2.45) is 0 Å². The molecule has 0 bridgehead atoms. The van der Waals surface area contributed by atoms with Gasteiger partial charge < -0.3 is 20.1 Å². The maximum atomic E-state index is 10.9. The first-order valence-electron chi connectivity index (χ1n) is 5.88. The van der Waals surface area contributed by atoms with E-state index in [4.69, 9.17) is 4.74 Å². The zero-order chi connectivity index (χ0) is 13.7. The number of hydrogen-bond acceptors (Lipinski definition) is 5. The summed E-state index contributed by atoms with van der Waals surface area (Å²) in [5.41, 5.74) is 1.66. The van der Waals surface area contributed by atoms with E-state index in [2.05, 4.69) is 10.3 Å². The third kappa shape index (κ3) is 3.92. The molecule has 0 spiro atoms. The number of nitrogens with one attached hydrogen (secondary N) is 2. The quantitative estimate of drug-likeness (QED) is 0.745. The minimum absolute atomic E-state index is 0.0625. The molecule has 0 saturated heterocycles. The van der Waals surface area contributed by atoms with Gasteiger partial charge in [-0.15, -0.1) is 0 Å². The van der Waals surface area contributed by atoms with Crippen LogP contribution in [-0.4, -0.2) is 23.7 Å². The van der Waals surface area contributed by atoms with Crippen molar-refractivity contribution in [1.82, 2.24) is 10.3 Å². The summed E-state index contributed by atoms with van der Waals surface area (Å²) in [6.07, 6.45) is -0.587. The summed E-state index contributed by atoms with van der Waals surface area (Å²) in [5.74, 6) is 0.764. The van der Waals surface area contributed by atoms with Gasteiger partial charge >= 0.3 is 4.87 Å². The molecule has 2 rings (SSSR count). The molecule has 1 atom stereocenters. The number of aliphatic hydroxyl groups is 1. The number of rotatable bonds is 6. The van der Waals surface area contributed by atoms with E-state index in [1.54, 1.807) is 12.5 Å². The van der Waals surface area contributed by atoms with Gasteiger partial charge in [0.15, 0.2) is 0 Å². The lowest BCUT2D eigenvalue weighted by Crippen LogP contribution is -2.21. The molecule has 6 heteroatoms. The third-order valence-electron chi connectivity index (χ3n) is 2.72. The van der Waals surface area contributed by atoms with Crippen molar-refractivity contribution < 1.29 is 9.84 Å². The maximum absolute atomic E-state index is 10.9. The monoisotopic (exact) mass is 280 g/mol. The Morgan fingerprint density at radius 2 is 2.16 bits per heavy atom. The van der Waals surface area contributed by atoms with Crippen LogP contribution in [0.2, 0.25) is 0 Å². The van der Waals surface area contributed by atoms with Crippen molar-refractivity contribution in [3.63, 3.8) is 0 Å². The van der Waals surface area contributed by atoms with Crippen LogP contribution < -0.4 is 14.9 Å². The Balaban J connectivity index is 1.83. The molecule has 0 saturated carbocycles. The van der Waals surface area contributed by atoms with E-state index in [1.165, 1.54) is 0 Å². The van der Waals surface area contributed by atoms with Gasteiger partial charge in [0.25, 0.3) is 0 Å². The summed E-state index contributed by atoms with van der Waals surface area (Å²) in [5, 5.41) is 14.9. The van der Waals surface area contributed by atoms with E-state index in [0.29, 0.717) is 13.1 Å². The van der Waals surface area contributed by atoms with Crippen molar-refractivity contribution in [2.75, 3.05) is 13.7 Å². The van der Waals surface area contributed by atoms with Crippen LogP contribution in [0.25, 0.3) is 0 Å². The highest BCUT2D eigenvalue weighted by atomic mass is 32.1. The smallest absolute Gasteiger partial charge is 0.304 e. The Bertz CT molecular complexity index is 562. The van der Waals surface area contributed by atoms with Gasteiger partial charge in [-0.05, 0) is 17.7 Å². The van der Waals surface area contributed by atoms with Crippen LogP contribution in [0.5, 0.6) is 5.75 Å². The summed E-state index contributed by atoms with van der Waals surface area (Å²) in [6, 6.07) is 7.29. The van der Waals surface area contributed by atoms with Gasteiger partial charge in [0.05, 0.1) is 13.2 Å². The Morgan fingerprint density at radius 1 is 1.42 bits per heavy atom. The average Bonchev–Trinajstić information content (AvgIpc) is 2.84. The number of H-pyrrole nitrogens is 1. The van der Waals surface area contributed by atoms with E-state index in [1.807, 2.05) is 24.3 Å². The molecule has 0 radical (unpaired) electrons. The molecular formula is C13H16N2O3S. The number of methoxy groups -OCH3 is 1. The van der Waals surface area contributed by atoms with Crippen molar-refractivity contribution in [1.29, 1.82) is 0 Å². The highest BCUT2D eigenvalue weighted by molar-refractivity contribution is 7.07. The van der Waals surface area contributed by atoms with Crippen LogP contribution >= 0.6 is 11.3 Å². The first kappa shape index (κ1) is 13.8. The second-order valence-electron chi connectivity index (χ2n) is 4.09. The predicted molar refractivity (Wildman–Crippen MR) is 74.6 cm³/mol. The molecule has 0 aliphatic heterocycles. The first-order chi connectivity index (χ1) is 9.19. The van der Waals surface area contributed by atoms with E-state index in [9.17, 15) is 9.90 Å². The van der Waals surface area contributed by atoms with Gasteiger partial charge in [0, 0.05) is 24.2 Å². The van der Waals surface area contributed by atoms with Gasteiger partial charge in [0.1, 0.15) is 5.75 Å². The molecule has 1 heterocycles. The standard InChI is InChI=1S/C13H16N2O3S/c1-18-11-4-2-9(3-5-11)12(16)7-14-6-10-8-19-13(17)15-10/h2-5,8,12,14,16H,6-7H2,1H3,(H,15,17). The van der Waals surface area contributed by atoms with Crippen LogP contribution in [0.1, 0.15) is 17.4 Å². The summed E-state index contributed by atoms with van der Waals surface area (Å²) < 4.78 is 5.06. The Labute approximate surface area is 114 Å². The van der Waals surface area contributed by atoms with E-state index >= 15 is 0 Å². The molecule has 0 aliphatic carbocycles. The zero-order valence-electron chi connectivity index (χ0n) is 10.6. The van der Waals surface area contributed by atoms with Crippen molar-refractivity contribution in [2.45, 2.75) is 12.6 Å². The van der Waals surface area contributed by atoms with Gasteiger partial charge in [-0.1, -0.05) is 23.5 Å². The molecule has 2 aromatic rings. The minimum Gasteiger partial charge on any atom is -0.497 e. The maximum Gasteiger partial charge on any atom is 0.304 e. The van der Waals surface area contributed by atoms with E-state index in [0.717, 1.165) is 28.3 Å². The number of ether oxygens (including phenoxy) is 1. The highest BCUT2D eigenvalue weighted by Gasteiger charge is 2.07. The Morgan fingerprint density at radius 3 is 2.74 bits per heavy atom. The molecule has 1 aromatic carbocycles. The molecule has 19 heavy (non-hydrogen) atoms. The number of aromatic nitrogens is 1. The average molecular weight is 280 g/mol. The SMILES string of the molecule is COc1ccc(C(O)CNCc2csc(=O)[nH]2)cc1. The predicted octanol–water partition coefficient (Wildman–Crippen LogP) is 1.27. The molecule has 0 aliphatic rings. The van der Waals surface area contributed by atoms with Crippen LogP contribution in [0, 0.1) is 0 Å². The zero-order valence-corrected chi connectivity index (χ0v) is 11.4. The highest BCUT2D eigenvalue weighted by Crippen LogP contribution is 2.16. The number of hydrogen-bond donors (Lipinski definition) is 3. The molecule has 5 nitrogen and oxygen atoms in total. The Kier molecular flexibility index (Phi) is 4.73. The summed E-state index contributed by atoms with van der Waals surface area (Å²) >= 11 is 1.14. The largest absolute Gasteiger partial charge is 0.497 e. The summed E-state index contributed by atoms with van der Waals surface area (Å²) in [6.45, 7) is 0.955. The lowest BCUT2D eigenvalue weighted by Gasteiger charge is -2.12. The summed E-state index contributed by atoms with van der Waals surface area (Å²) in [7, 11) is 1.61. The number of aromatic amines is 1. The summed E-state index contributed by atoms with van der Waals surface area (Å²) in [4.78, 5) is 13.6. The fraction of sp³-hybridized carbons (Fsp3) is 0.308. The Hall–Kier alpha value is -1.63. The fourth-order valence-electron chi connectivity index (χ4n) is 1.69. The topological polar surface area (TPSA) is 74.3 Å². The van der Waals surface area contributed by atoms with Gasteiger partial charge in [-0.2, -0.15) is 0 Å². The van der Waals surface area contributed by atoms with Crippen LogP contribution in [0.3, 0.4) is 0 Å². The van der Waals surface area contributed by atoms with Gasteiger partial charge in [0.2, 0.25) is 0 Å². The molecule has 0 amide bonds. The van der Waals surface area contributed by atoms with Crippen LogP contribution in [-0.2, 0) is 6.54 Å². The normalized spacial score (nSPS) is 12.3. The lowest BCUT2D eigenvalue weighted by molar-refractivity contribution is 0.174. The van der Waals surface area contributed by atoms with Crippen molar-refractivity contribution in [3.05, 3.63) is 50.6 Å². The second kappa shape index (κ2) is 6.51. The minimum atomic E-state index is -0.587. The molecule has 0 fully saturated rings. The van der Waals surface area contributed by atoms with Crippen LogP contribution in [0.15, 0.2) is 34.4 Å². The number of benzene rings is 1. The van der Waals surface area contributed by atoms with E-state index < -0.39 is 6.10 Å². The second-order valence-corrected chi connectivity index (χ2v) is 4.94. The van der Waals surface area contributed by atoms with E-state index in [-0.39, 0.29) is 4.87 Å². The number of aliphatic hydroxyl groups excluding tert-OH is 1. The van der Waals surface area contributed by atoms with Crippen molar-refractivity contribution >= 4 is 11.3 Å². The third-order valence-corrected chi connectivity index (χ3v) is 3.44. The molecular weight excluding hydrogens is 264 g/mol. The van der Waals surface area contributed by atoms with Gasteiger partial charge in [-0.3, -0.25) is 4.79 Å². The molecule has 3 N–H and O–H groups in total. The molecule has 1 unspecified atom stereocenters. The van der Waals surface area contributed by atoms with Crippen molar-refractivity contribution in [3.8, 4) is 5.75 Å². The first-order valence-corrected chi connectivity index (χ1v) is 6.76.